The van der Waals surface area contributed by atoms with Crippen LogP contribution >= 0.6 is 11.3 Å². The maximum absolute atomic E-state index is 6.70. The second-order valence-electron chi connectivity index (χ2n) is 6.02. The van der Waals surface area contributed by atoms with Crippen LogP contribution in [0.2, 0.25) is 0 Å². The van der Waals surface area contributed by atoms with Gasteiger partial charge in [0, 0.05) is 4.88 Å². The van der Waals surface area contributed by atoms with Crippen LogP contribution in [-0.4, -0.2) is 0 Å². The van der Waals surface area contributed by atoms with Crippen molar-refractivity contribution in [1.82, 2.24) is 0 Å². The smallest absolute Gasteiger partial charge is 0.0506 e. The van der Waals surface area contributed by atoms with Gasteiger partial charge in [-0.1, -0.05) is 26.7 Å². The lowest BCUT2D eigenvalue weighted by Gasteiger charge is -2.28. The predicted octanol–water partition coefficient (Wildman–Crippen LogP) is 4.45. The zero-order valence-corrected chi connectivity index (χ0v) is 12.1. The molecule has 2 atom stereocenters. The van der Waals surface area contributed by atoms with Gasteiger partial charge in [-0.3, -0.25) is 0 Å². The largest absolute Gasteiger partial charge is 0.321 e. The fraction of sp³-hybridized carbons (Fsp3) is 0.733. The Bertz CT molecular complexity index is 369. The molecule has 0 aliphatic heterocycles. The molecule has 1 aliphatic rings. The molecule has 1 heterocycles. The minimum Gasteiger partial charge on any atom is -0.321 e. The zero-order valence-electron chi connectivity index (χ0n) is 11.3. The lowest BCUT2D eigenvalue weighted by atomic mass is 9.85. The van der Waals surface area contributed by atoms with E-state index < -0.39 is 0 Å². The lowest BCUT2D eigenvalue weighted by Crippen LogP contribution is -2.35. The zero-order chi connectivity index (χ0) is 12.5. The molecule has 17 heavy (non-hydrogen) atoms. The highest BCUT2D eigenvalue weighted by Gasteiger charge is 2.33. The summed E-state index contributed by atoms with van der Waals surface area (Å²) in [6, 6.07) is 2.21. The molecule has 1 aromatic heterocycles. The SMILES string of the molecule is Cc1ccsc1C1(N)CCCC(C(C)C)CC1. The maximum atomic E-state index is 6.70. The summed E-state index contributed by atoms with van der Waals surface area (Å²) >= 11 is 1.85. The molecule has 1 aromatic rings. The van der Waals surface area contributed by atoms with E-state index in [0.717, 1.165) is 24.7 Å². The molecular formula is C15H25NS. The molecule has 1 saturated carbocycles. The fourth-order valence-electron chi connectivity index (χ4n) is 3.17. The van der Waals surface area contributed by atoms with Crippen molar-refractivity contribution in [3.05, 3.63) is 21.9 Å². The van der Waals surface area contributed by atoms with Crippen LogP contribution in [0, 0.1) is 18.8 Å². The predicted molar refractivity (Wildman–Crippen MR) is 76.3 cm³/mol. The summed E-state index contributed by atoms with van der Waals surface area (Å²) in [6.45, 7) is 6.90. The van der Waals surface area contributed by atoms with Gasteiger partial charge in [0.25, 0.3) is 0 Å². The minimum atomic E-state index is -0.0398. The van der Waals surface area contributed by atoms with Gasteiger partial charge in [-0.2, -0.15) is 0 Å². The first kappa shape index (κ1) is 13.1. The monoisotopic (exact) mass is 251 g/mol. The highest BCUT2D eigenvalue weighted by atomic mass is 32.1. The van der Waals surface area contributed by atoms with Crippen LogP contribution in [0.4, 0.5) is 0 Å². The van der Waals surface area contributed by atoms with Gasteiger partial charge in [0.15, 0.2) is 0 Å². The van der Waals surface area contributed by atoms with E-state index in [1.54, 1.807) is 0 Å². The molecule has 2 unspecified atom stereocenters. The van der Waals surface area contributed by atoms with Crippen LogP contribution in [0.1, 0.15) is 56.4 Å². The van der Waals surface area contributed by atoms with Crippen LogP contribution in [0.15, 0.2) is 11.4 Å². The molecular weight excluding hydrogens is 226 g/mol. The van der Waals surface area contributed by atoms with E-state index in [9.17, 15) is 0 Å². The van der Waals surface area contributed by atoms with Crippen molar-refractivity contribution >= 4 is 11.3 Å². The molecule has 0 spiro atoms. The van der Waals surface area contributed by atoms with Crippen molar-refractivity contribution in [1.29, 1.82) is 0 Å². The highest BCUT2D eigenvalue weighted by molar-refractivity contribution is 7.10. The Kier molecular flexibility index (Phi) is 3.94. The van der Waals surface area contributed by atoms with Gasteiger partial charge >= 0.3 is 0 Å². The first-order valence-corrected chi connectivity index (χ1v) is 7.74. The van der Waals surface area contributed by atoms with E-state index in [4.69, 9.17) is 5.73 Å². The molecule has 1 aliphatic carbocycles. The van der Waals surface area contributed by atoms with Crippen LogP contribution in [0.3, 0.4) is 0 Å². The van der Waals surface area contributed by atoms with Crippen LogP contribution < -0.4 is 5.73 Å². The normalized spacial score (nSPS) is 30.5. The summed E-state index contributed by atoms with van der Waals surface area (Å²) in [5.74, 6) is 1.68. The van der Waals surface area contributed by atoms with Gasteiger partial charge in [0.1, 0.15) is 0 Å². The summed E-state index contributed by atoms with van der Waals surface area (Å²) in [5.41, 5.74) is 8.05. The van der Waals surface area contributed by atoms with Gasteiger partial charge in [-0.15, -0.1) is 11.3 Å². The minimum absolute atomic E-state index is 0.0398. The standard InChI is InChI=1S/C15H25NS/c1-11(2)13-5-4-8-15(16,9-6-13)14-12(3)7-10-17-14/h7,10-11,13H,4-6,8-9,16H2,1-3H3. The van der Waals surface area contributed by atoms with Gasteiger partial charge in [0.05, 0.1) is 5.54 Å². The number of nitrogens with two attached hydrogens (primary N) is 1. The Balaban J connectivity index is 2.15. The van der Waals surface area contributed by atoms with Crippen molar-refractivity contribution in [3.63, 3.8) is 0 Å². The third kappa shape index (κ3) is 2.74. The molecule has 1 nitrogen and oxygen atoms in total. The summed E-state index contributed by atoms with van der Waals surface area (Å²) in [4.78, 5) is 1.43. The van der Waals surface area contributed by atoms with E-state index in [-0.39, 0.29) is 5.54 Å². The topological polar surface area (TPSA) is 26.0 Å². The molecule has 2 heteroatoms. The number of hydrogen-bond acceptors (Lipinski definition) is 2. The summed E-state index contributed by atoms with van der Waals surface area (Å²) in [6.07, 6.45) is 6.28. The van der Waals surface area contributed by atoms with E-state index in [1.165, 1.54) is 29.7 Å². The van der Waals surface area contributed by atoms with Crippen LogP contribution in [-0.2, 0) is 5.54 Å². The fourth-order valence-corrected chi connectivity index (χ4v) is 4.27. The molecule has 2 rings (SSSR count). The Hall–Kier alpha value is -0.340. The van der Waals surface area contributed by atoms with E-state index in [1.807, 2.05) is 11.3 Å². The van der Waals surface area contributed by atoms with E-state index in [0.29, 0.717) is 0 Å². The molecule has 0 bridgehead atoms. The van der Waals surface area contributed by atoms with Gasteiger partial charge in [-0.05, 0) is 55.0 Å². The Labute approximate surface area is 109 Å². The average Bonchev–Trinajstić information content (AvgIpc) is 2.59. The Morgan fingerprint density at radius 3 is 2.71 bits per heavy atom. The van der Waals surface area contributed by atoms with E-state index in [2.05, 4.69) is 32.2 Å². The molecule has 0 saturated heterocycles. The molecule has 0 amide bonds. The van der Waals surface area contributed by atoms with Crippen molar-refractivity contribution in [2.45, 2.75) is 58.4 Å². The van der Waals surface area contributed by atoms with Gasteiger partial charge in [0.2, 0.25) is 0 Å². The van der Waals surface area contributed by atoms with Crippen molar-refractivity contribution in [3.8, 4) is 0 Å². The van der Waals surface area contributed by atoms with Crippen molar-refractivity contribution in [2.75, 3.05) is 0 Å². The first-order chi connectivity index (χ1) is 8.03. The summed E-state index contributed by atoms with van der Waals surface area (Å²) in [7, 11) is 0. The van der Waals surface area contributed by atoms with Gasteiger partial charge in [-0.25, -0.2) is 0 Å². The maximum Gasteiger partial charge on any atom is 0.0506 e. The lowest BCUT2D eigenvalue weighted by molar-refractivity contribution is 0.326. The van der Waals surface area contributed by atoms with Crippen molar-refractivity contribution in [2.24, 2.45) is 17.6 Å². The second kappa shape index (κ2) is 5.11. The number of hydrogen-bond donors (Lipinski definition) is 1. The van der Waals surface area contributed by atoms with Crippen LogP contribution in [0.5, 0.6) is 0 Å². The summed E-state index contributed by atoms with van der Waals surface area (Å²) in [5, 5.41) is 2.18. The highest BCUT2D eigenvalue weighted by Crippen LogP contribution is 2.41. The van der Waals surface area contributed by atoms with E-state index >= 15 is 0 Å². The number of aryl methyl sites for hydroxylation is 1. The van der Waals surface area contributed by atoms with Gasteiger partial charge < -0.3 is 5.73 Å². The molecule has 1 fully saturated rings. The number of rotatable bonds is 2. The quantitative estimate of drug-likeness (QED) is 0.772. The molecule has 2 N–H and O–H groups in total. The molecule has 0 radical (unpaired) electrons. The molecule has 0 aromatic carbocycles. The van der Waals surface area contributed by atoms with Crippen molar-refractivity contribution < 1.29 is 0 Å². The third-order valence-corrected chi connectivity index (χ3v) is 5.65. The average molecular weight is 251 g/mol. The summed E-state index contributed by atoms with van der Waals surface area (Å²) < 4.78 is 0. The second-order valence-corrected chi connectivity index (χ2v) is 6.94. The number of thiophene rings is 1. The Morgan fingerprint density at radius 1 is 1.35 bits per heavy atom. The molecule has 96 valence electrons. The Morgan fingerprint density at radius 2 is 2.12 bits per heavy atom. The first-order valence-electron chi connectivity index (χ1n) is 6.86. The van der Waals surface area contributed by atoms with Crippen LogP contribution in [0.25, 0.3) is 0 Å². The third-order valence-electron chi connectivity index (χ3n) is 4.42.